The van der Waals surface area contributed by atoms with Crippen molar-refractivity contribution in [3.05, 3.63) is 24.3 Å². The third kappa shape index (κ3) is 6.36. The van der Waals surface area contributed by atoms with Crippen molar-refractivity contribution in [2.75, 3.05) is 45.7 Å². The Balaban J connectivity index is 1.68. The number of likely N-dealkylation sites (tertiary alicyclic amines) is 1. The second kappa shape index (κ2) is 9.39. The van der Waals surface area contributed by atoms with Crippen molar-refractivity contribution in [1.82, 2.24) is 9.80 Å². The lowest BCUT2D eigenvalue weighted by Gasteiger charge is -2.36. The number of carboxylic acids is 1. The van der Waals surface area contributed by atoms with Gasteiger partial charge in [0, 0.05) is 24.7 Å². The maximum atomic E-state index is 12.1. The fraction of sp³-hybridized carbons (Fsp3) is 0.556. The molecule has 1 heterocycles. The number of anilines is 1. The van der Waals surface area contributed by atoms with Gasteiger partial charge in [-0.15, -0.1) is 0 Å². The zero-order valence-corrected chi connectivity index (χ0v) is 14.9. The number of aliphatic carboxylic acids is 1. The average Bonchev–Trinajstić information content (AvgIpc) is 2.60. The molecule has 0 aliphatic carbocycles. The third-order valence-corrected chi connectivity index (χ3v) is 4.59. The first kappa shape index (κ1) is 19.2. The molecule has 0 aromatic heterocycles. The topological polar surface area (TPSA) is 82.1 Å². The molecule has 7 heteroatoms. The van der Waals surface area contributed by atoms with Gasteiger partial charge in [-0.25, -0.2) is 0 Å². The molecule has 0 atom stereocenters. The van der Waals surface area contributed by atoms with Crippen molar-refractivity contribution in [3.8, 4) is 5.75 Å². The van der Waals surface area contributed by atoms with Crippen LogP contribution in [0.5, 0.6) is 5.75 Å². The number of hydrogen-bond acceptors (Lipinski definition) is 5. The highest BCUT2D eigenvalue weighted by molar-refractivity contribution is 5.90. The Morgan fingerprint density at radius 2 is 1.92 bits per heavy atom. The lowest BCUT2D eigenvalue weighted by Crippen LogP contribution is -2.45. The number of carbonyl (C=O) groups is 2. The maximum Gasteiger partial charge on any atom is 0.317 e. The number of carboxylic acid groups (broad SMARTS) is 1. The molecule has 7 nitrogen and oxygen atoms in total. The molecule has 2 N–H and O–H groups in total. The summed E-state index contributed by atoms with van der Waals surface area (Å²) in [6.07, 6.45) is 2.31. The summed E-state index contributed by atoms with van der Waals surface area (Å²) in [7, 11) is 3.47. The summed E-state index contributed by atoms with van der Waals surface area (Å²) in [5.74, 6) is -0.0378. The minimum atomic E-state index is -0.792. The highest BCUT2D eigenvalue weighted by Crippen LogP contribution is 2.17. The number of amides is 1. The highest BCUT2D eigenvalue weighted by atomic mass is 16.5. The second-order valence-electron chi connectivity index (χ2n) is 6.41. The number of likely N-dealkylation sites (N-methyl/N-ethyl adjacent to an activating group) is 1. The summed E-state index contributed by atoms with van der Waals surface area (Å²) < 4.78 is 5.09. The van der Waals surface area contributed by atoms with Gasteiger partial charge in [-0.3, -0.25) is 14.5 Å². The summed E-state index contributed by atoms with van der Waals surface area (Å²) in [5.41, 5.74) is 0.764. The van der Waals surface area contributed by atoms with E-state index in [2.05, 4.69) is 10.2 Å². The number of benzene rings is 1. The van der Waals surface area contributed by atoms with Gasteiger partial charge in [0.1, 0.15) is 5.75 Å². The van der Waals surface area contributed by atoms with Crippen LogP contribution in [-0.2, 0) is 9.59 Å². The summed E-state index contributed by atoms with van der Waals surface area (Å²) in [6.45, 7) is 2.58. The van der Waals surface area contributed by atoms with Gasteiger partial charge in [0.2, 0.25) is 5.91 Å². The predicted octanol–water partition coefficient (Wildman–Crippen LogP) is 1.50. The van der Waals surface area contributed by atoms with Crippen LogP contribution < -0.4 is 10.1 Å². The van der Waals surface area contributed by atoms with Crippen LogP contribution in [0.15, 0.2) is 24.3 Å². The minimum absolute atomic E-state index is 0.00437. The molecule has 138 valence electrons. The van der Waals surface area contributed by atoms with Crippen molar-refractivity contribution >= 4 is 17.6 Å². The van der Waals surface area contributed by atoms with Crippen molar-refractivity contribution < 1.29 is 19.4 Å². The van der Waals surface area contributed by atoms with Crippen LogP contribution in [0.4, 0.5) is 5.69 Å². The Morgan fingerprint density at radius 1 is 1.28 bits per heavy atom. The number of piperidine rings is 1. The van der Waals surface area contributed by atoms with E-state index in [4.69, 9.17) is 9.84 Å². The zero-order valence-electron chi connectivity index (χ0n) is 14.9. The van der Waals surface area contributed by atoms with E-state index in [0.29, 0.717) is 12.5 Å². The van der Waals surface area contributed by atoms with Gasteiger partial charge in [-0.1, -0.05) is 0 Å². The lowest BCUT2D eigenvalue weighted by molar-refractivity contribution is -0.138. The van der Waals surface area contributed by atoms with Crippen LogP contribution in [0.1, 0.15) is 19.3 Å². The van der Waals surface area contributed by atoms with Crippen molar-refractivity contribution in [1.29, 1.82) is 0 Å². The molecular formula is C18H27N3O4. The molecule has 1 fully saturated rings. The molecule has 0 bridgehead atoms. The first-order valence-electron chi connectivity index (χ1n) is 8.56. The van der Waals surface area contributed by atoms with Crippen LogP contribution in [-0.4, -0.2) is 73.2 Å². The van der Waals surface area contributed by atoms with Gasteiger partial charge in [-0.05, 0) is 57.2 Å². The lowest BCUT2D eigenvalue weighted by atomic mass is 10.0. The maximum absolute atomic E-state index is 12.1. The van der Waals surface area contributed by atoms with Gasteiger partial charge in [-0.2, -0.15) is 0 Å². The van der Waals surface area contributed by atoms with Gasteiger partial charge in [0.05, 0.1) is 13.7 Å². The molecule has 1 aliphatic heterocycles. The number of carbonyl (C=O) groups excluding carboxylic acids is 1. The van der Waals surface area contributed by atoms with E-state index in [-0.39, 0.29) is 12.5 Å². The Labute approximate surface area is 148 Å². The molecule has 0 spiro atoms. The first-order valence-corrected chi connectivity index (χ1v) is 8.56. The van der Waals surface area contributed by atoms with Crippen LogP contribution in [0.2, 0.25) is 0 Å². The molecule has 1 aromatic rings. The summed E-state index contributed by atoms with van der Waals surface area (Å²) >= 11 is 0. The molecule has 1 amide bonds. The van der Waals surface area contributed by atoms with E-state index in [1.807, 2.05) is 36.2 Å². The Bertz CT molecular complexity index is 568. The highest BCUT2D eigenvalue weighted by Gasteiger charge is 2.23. The number of hydrogen-bond donors (Lipinski definition) is 2. The van der Waals surface area contributed by atoms with E-state index in [0.717, 1.165) is 43.9 Å². The van der Waals surface area contributed by atoms with Crippen LogP contribution in [0.3, 0.4) is 0 Å². The Kier molecular flexibility index (Phi) is 7.21. The van der Waals surface area contributed by atoms with E-state index in [9.17, 15) is 9.59 Å². The molecular weight excluding hydrogens is 322 g/mol. The fourth-order valence-corrected chi connectivity index (χ4v) is 3.08. The zero-order chi connectivity index (χ0) is 18.2. The fourth-order valence-electron chi connectivity index (χ4n) is 3.08. The normalized spacial score (nSPS) is 16.0. The van der Waals surface area contributed by atoms with Gasteiger partial charge >= 0.3 is 5.97 Å². The molecule has 1 aliphatic rings. The summed E-state index contributed by atoms with van der Waals surface area (Å²) in [5, 5.41) is 11.7. The number of nitrogens with zero attached hydrogens (tertiary/aromatic N) is 2. The standard InChI is InChI=1S/C18H27N3O4/c1-20(13-18(23)24)15-7-10-21(11-8-15)12-9-17(22)19-14-3-5-16(25-2)6-4-14/h3-6,15H,7-13H2,1-2H3,(H,19,22)(H,23,24). The van der Waals surface area contributed by atoms with Gasteiger partial charge < -0.3 is 20.1 Å². The van der Waals surface area contributed by atoms with Crippen LogP contribution in [0.25, 0.3) is 0 Å². The smallest absolute Gasteiger partial charge is 0.317 e. The molecule has 0 unspecified atom stereocenters. The van der Waals surface area contributed by atoms with E-state index in [1.165, 1.54) is 0 Å². The predicted molar refractivity (Wildman–Crippen MR) is 96.0 cm³/mol. The van der Waals surface area contributed by atoms with E-state index < -0.39 is 5.97 Å². The molecule has 1 saturated heterocycles. The molecule has 25 heavy (non-hydrogen) atoms. The van der Waals surface area contributed by atoms with Crippen molar-refractivity contribution in [2.24, 2.45) is 0 Å². The van der Waals surface area contributed by atoms with E-state index >= 15 is 0 Å². The first-order chi connectivity index (χ1) is 12.0. The number of ether oxygens (including phenoxy) is 1. The number of nitrogens with one attached hydrogen (secondary N) is 1. The van der Waals surface area contributed by atoms with Crippen LogP contribution >= 0.6 is 0 Å². The quantitative estimate of drug-likeness (QED) is 0.740. The van der Waals surface area contributed by atoms with E-state index in [1.54, 1.807) is 7.11 Å². The monoisotopic (exact) mass is 349 g/mol. The Hall–Kier alpha value is -2.12. The minimum Gasteiger partial charge on any atom is -0.497 e. The van der Waals surface area contributed by atoms with Gasteiger partial charge in [0.25, 0.3) is 0 Å². The largest absolute Gasteiger partial charge is 0.497 e. The van der Waals surface area contributed by atoms with Crippen molar-refractivity contribution in [2.45, 2.75) is 25.3 Å². The molecule has 2 rings (SSSR count). The molecule has 0 saturated carbocycles. The average molecular weight is 349 g/mol. The second-order valence-corrected chi connectivity index (χ2v) is 6.41. The Morgan fingerprint density at radius 3 is 2.48 bits per heavy atom. The molecule has 1 aromatic carbocycles. The SMILES string of the molecule is COc1ccc(NC(=O)CCN2CCC(N(C)CC(=O)O)CC2)cc1. The van der Waals surface area contributed by atoms with Gasteiger partial charge in [0.15, 0.2) is 0 Å². The van der Waals surface area contributed by atoms with Crippen molar-refractivity contribution in [3.63, 3.8) is 0 Å². The number of rotatable bonds is 8. The molecule has 0 radical (unpaired) electrons. The number of methoxy groups -OCH3 is 1. The van der Waals surface area contributed by atoms with Crippen LogP contribution in [0, 0.1) is 0 Å². The summed E-state index contributed by atoms with van der Waals surface area (Å²) in [6, 6.07) is 7.57. The summed E-state index contributed by atoms with van der Waals surface area (Å²) in [4.78, 5) is 27.0. The third-order valence-electron chi connectivity index (χ3n) is 4.59.